The monoisotopic (exact) mass is 398 g/mol. The molecule has 0 aliphatic carbocycles. The topological polar surface area (TPSA) is 71.8 Å². The molecule has 3 aromatic rings. The number of rotatable bonds is 2. The van der Waals surface area contributed by atoms with E-state index in [1.807, 2.05) is 18.3 Å². The fourth-order valence-corrected chi connectivity index (χ4v) is 2.52. The first-order valence-electron chi connectivity index (χ1n) is 6.19. The van der Waals surface area contributed by atoms with Crippen LogP contribution in [0.1, 0.15) is 5.69 Å². The predicted molar refractivity (Wildman–Crippen MR) is 88.3 cm³/mol. The zero-order chi connectivity index (χ0) is 15.5. The predicted octanol–water partition coefficient (Wildman–Crippen LogP) is 3.36. The van der Waals surface area contributed by atoms with Gasteiger partial charge in [-0.1, -0.05) is 18.7 Å². The second-order valence-electron chi connectivity index (χ2n) is 4.26. The van der Waals surface area contributed by atoms with Crippen molar-refractivity contribution in [2.24, 2.45) is 0 Å². The summed E-state index contributed by atoms with van der Waals surface area (Å²) in [6.07, 6.45) is 1.81. The average molecular weight is 398 g/mol. The number of hydrogen-bond donors (Lipinski definition) is 0. The van der Waals surface area contributed by atoms with Crippen LogP contribution in [-0.2, 0) is 0 Å². The van der Waals surface area contributed by atoms with E-state index in [1.54, 1.807) is 35.0 Å². The van der Waals surface area contributed by atoms with Crippen molar-refractivity contribution in [1.29, 1.82) is 5.26 Å². The van der Waals surface area contributed by atoms with Crippen molar-refractivity contribution in [1.82, 2.24) is 19.7 Å². The van der Waals surface area contributed by atoms with E-state index in [4.69, 9.17) is 11.8 Å². The van der Waals surface area contributed by atoms with E-state index in [-0.39, 0.29) is 0 Å². The summed E-state index contributed by atoms with van der Waals surface area (Å²) >= 11 is 2.16. The van der Waals surface area contributed by atoms with Crippen LogP contribution in [0.5, 0.6) is 0 Å². The molecule has 3 rings (SSSR count). The van der Waals surface area contributed by atoms with Crippen molar-refractivity contribution in [3.8, 4) is 23.3 Å². The van der Waals surface area contributed by atoms with Crippen molar-refractivity contribution in [3.05, 3.63) is 63.3 Å². The van der Waals surface area contributed by atoms with Crippen molar-refractivity contribution < 1.29 is 0 Å². The Labute approximate surface area is 140 Å². The highest BCUT2D eigenvalue weighted by Crippen LogP contribution is 2.24. The summed E-state index contributed by atoms with van der Waals surface area (Å²) in [5.41, 5.74) is 1.64. The third-order valence-electron chi connectivity index (χ3n) is 2.84. The van der Waals surface area contributed by atoms with Crippen LogP contribution < -0.4 is 0 Å². The summed E-state index contributed by atoms with van der Waals surface area (Å²) in [6.45, 7) is 7.04. The molecule has 0 aliphatic heterocycles. The Balaban J connectivity index is 2.07. The van der Waals surface area contributed by atoms with Gasteiger partial charge in [0.1, 0.15) is 17.5 Å². The maximum atomic E-state index is 8.92. The number of hydrogen-bond acceptors (Lipinski definition) is 4. The minimum Gasteiger partial charge on any atom is -0.361 e. The smallest absolute Gasteiger partial charge is 0.270 e. The third-order valence-corrected chi connectivity index (χ3v) is 3.63. The summed E-state index contributed by atoms with van der Waals surface area (Å²) in [5.74, 6) is 0.886. The molecule has 7 heteroatoms. The zero-order valence-corrected chi connectivity index (χ0v) is 13.3. The Morgan fingerprint density at radius 2 is 2.00 bits per heavy atom. The van der Waals surface area contributed by atoms with Gasteiger partial charge in [-0.2, -0.15) is 10.4 Å². The van der Waals surface area contributed by atoms with Gasteiger partial charge in [-0.3, -0.25) is 0 Å². The lowest BCUT2D eigenvalue weighted by Gasteiger charge is -1.99. The summed E-state index contributed by atoms with van der Waals surface area (Å²) in [5, 5.41) is 13.4. The summed E-state index contributed by atoms with van der Waals surface area (Å²) in [6, 6.07) is 12.4. The van der Waals surface area contributed by atoms with E-state index in [1.165, 1.54) is 0 Å². The molecule has 0 N–H and O–H groups in total. The van der Waals surface area contributed by atoms with E-state index in [0.717, 1.165) is 3.57 Å². The SMILES string of the molecule is [C-]#[N+]c1cccc(-c2nn(-c3cccc(C#N)n3)cc2I)n1. The molecule has 3 heterocycles. The second-order valence-corrected chi connectivity index (χ2v) is 5.42. The van der Waals surface area contributed by atoms with Gasteiger partial charge >= 0.3 is 0 Å². The lowest BCUT2D eigenvalue weighted by molar-refractivity contribution is 0.846. The quantitative estimate of drug-likeness (QED) is 0.490. The average Bonchev–Trinajstić information content (AvgIpc) is 2.97. The van der Waals surface area contributed by atoms with E-state index in [2.05, 4.69) is 42.5 Å². The fourth-order valence-electron chi connectivity index (χ4n) is 1.87. The van der Waals surface area contributed by atoms with Gasteiger partial charge in [-0.15, -0.1) is 4.98 Å². The first-order chi connectivity index (χ1) is 10.7. The van der Waals surface area contributed by atoms with Gasteiger partial charge in [0, 0.05) is 6.20 Å². The molecule has 0 spiro atoms. The molecule has 0 aromatic carbocycles. The maximum absolute atomic E-state index is 8.92. The van der Waals surface area contributed by atoms with E-state index in [0.29, 0.717) is 28.7 Å². The van der Waals surface area contributed by atoms with Crippen molar-refractivity contribution in [3.63, 3.8) is 0 Å². The molecule has 0 aliphatic rings. The van der Waals surface area contributed by atoms with Gasteiger partial charge in [0.2, 0.25) is 0 Å². The Morgan fingerprint density at radius 1 is 1.18 bits per heavy atom. The molecule has 0 saturated heterocycles. The first-order valence-corrected chi connectivity index (χ1v) is 7.27. The van der Waals surface area contributed by atoms with Crippen LogP contribution >= 0.6 is 22.6 Å². The molecule has 0 saturated carbocycles. The summed E-state index contributed by atoms with van der Waals surface area (Å²) in [4.78, 5) is 11.8. The Kier molecular flexibility index (Phi) is 3.81. The van der Waals surface area contributed by atoms with Crippen LogP contribution in [0, 0.1) is 21.5 Å². The fraction of sp³-hybridized carbons (Fsp3) is 0. The van der Waals surface area contributed by atoms with Gasteiger partial charge in [0.05, 0.1) is 3.57 Å². The second kappa shape index (κ2) is 5.92. The van der Waals surface area contributed by atoms with Crippen LogP contribution in [0.2, 0.25) is 0 Å². The van der Waals surface area contributed by atoms with E-state index < -0.39 is 0 Å². The molecule has 0 fully saturated rings. The van der Waals surface area contributed by atoms with Gasteiger partial charge in [0.25, 0.3) is 5.82 Å². The normalized spacial score (nSPS) is 9.95. The molecule has 3 aromatic heterocycles. The molecule has 104 valence electrons. The number of pyridine rings is 2. The zero-order valence-electron chi connectivity index (χ0n) is 11.1. The number of nitrogens with zero attached hydrogens (tertiary/aromatic N) is 6. The molecule has 0 atom stereocenters. The molecule has 0 bridgehead atoms. The molecule has 0 radical (unpaired) electrons. The van der Waals surface area contributed by atoms with Crippen LogP contribution in [0.15, 0.2) is 42.6 Å². The highest BCUT2D eigenvalue weighted by atomic mass is 127. The molecular weight excluding hydrogens is 391 g/mol. The maximum Gasteiger partial charge on any atom is 0.270 e. The van der Waals surface area contributed by atoms with Crippen LogP contribution in [-0.4, -0.2) is 19.7 Å². The first kappa shape index (κ1) is 14.2. The molecule has 0 unspecified atom stereocenters. The lowest BCUT2D eigenvalue weighted by Crippen LogP contribution is -1.99. The largest absolute Gasteiger partial charge is 0.361 e. The minimum absolute atomic E-state index is 0.326. The molecule has 22 heavy (non-hydrogen) atoms. The van der Waals surface area contributed by atoms with Gasteiger partial charge in [-0.05, 0) is 46.9 Å². The summed E-state index contributed by atoms with van der Waals surface area (Å²) in [7, 11) is 0. The van der Waals surface area contributed by atoms with Crippen molar-refractivity contribution in [2.45, 2.75) is 0 Å². The van der Waals surface area contributed by atoms with Crippen molar-refractivity contribution >= 4 is 28.4 Å². The number of nitriles is 1. The molecule has 0 amide bonds. The molecule has 6 nitrogen and oxygen atoms in total. The van der Waals surface area contributed by atoms with Crippen LogP contribution in [0.4, 0.5) is 5.82 Å². The Hall–Kier alpha value is -2.78. The Morgan fingerprint density at radius 3 is 2.77 bits per heavy atom. The standard InChI is InChI=1S/C15H7IN6/c1-18-13-6-3-5-12(20-13)15-11(16)9-22(21-15)14-7-2-4-10(8-17)19-14/h2-7,9H. The highest BCUT2D eigenvalue weighted by molar-refractivity contribution is 14.1. The van der Waals surface area contributed by atoms with Crippen molar-refractivity contribution in [2.75, 3.05) is 0 Å². The Bertz CT molecular complexity index is 932. The van der Waals surface area contributed by atoms with E-state index >= 15 is 0 Å². The van der Waals surface area contributed by atoms with Gasteiger partial charge in [-0.25, -0.2) is 9.67 Å². The number of halogens is 1. The molecular formula is C15H7IN6. The lowest BCUT2D eigenvalue weighted by atomic mass is 10.3. The van der Waals surface area contributed by atoms with Crippen LogP contribution in [0.25, 0.3) is 22.1 Å². The van der Waals surface area contributed by atoms with E-state index in [9.17, 15) is 0 Å². The minimum atomic E-state index is 0.326. The third kappa shape index (κ3) is 2.67. The van der Waals surface area contributed by atoms with Crippen LogP contribution in [0.3, 0.4) is 0 Å². The van der Waals surface area contributed by atoms with Gasteiger partial charge < -0.3 is 4.85 Å². The van der Waals surface area contributed by atoms with Gasteiger partial charge in [0.15, 0.2) is 11.5 Å². The highest BCUT2D eigenvalue weighted by Gasteiger charge is 2.15. The number of aromatic nitrogens is 4. The summed E-state index contributed by atoms with van der Waals surface area (Å²) < 4.78 is 2.49.